The van der Waals surface area contributed by atoms with Gasteiger partial charge in [-0.2, -0.15) is 0 Å². The van der Waals surface area contributed by atoms with Gasteiger partial charge in [0.2, 0.25) is 5.91 Å². The lowest BCUT2D eigenvalue weighted by molar-refractivity contribution is 0.1000. The Morgan fingerprint density at radius 3 is 2.81 bits per heavy atom. The second kappa shape index (κ2) is 9.46. The van der Waals surface area contributed by atoms with Crippen molar-refractivity contribution in [3.05, 3.63) is 69.9 Å². The van der Waals surface area contributed by atoms with E-state index in [-0.39, 0.29) is 6.10 Å². The molecule has 4 rings (SSSR count). The van der Waals surface area contributed by atoms with E-state index < -0.39 is 5.91 Å². The molecule has 0 saturated heterocycles. The molecule has 32 heavy (non-hydrogen) atoms. The van der Waals surface area contributed by atoms with Crippen molar-refractivity contribution < 1.29 is 9.53 Å². The number of nitrogens with two attached hydrogens (primary N) is 1. The first kappa shape index (κ1) is 21.9. The van der Waals surface area contributed by atoms with E-state index in [1.54, 1.807) is 53.3 Å². The van der Waals surface area contributed by atoms with Crippen LogP contribution in [0.3, 0.4) is 0 Å². The summed E-state index contributed by atoms with van der Waals surface area (Å²) in [6, 6.07) is 9.10. The summed E-state index contributed by atoms with van der Waals surface area (Å²) in [5.41, 5.74) is 9.50. The quantitative estimate of drug-likeness (QED) is 0.371. The number of aromatic nitrogens is 3. The van der Waals surface area contributed by atoms with Crippen LogP contribution in [-0.4, -0.2) is 27.0 Å². The van der Waals surface area contributed by atoms with Gasteiger partial charge in [-0.3, -0.25) is 9.78 Å². The Balaban J connectivity index is 1.57. The van der Waals surface area contributed by atoms with Crippen molar-refractivity contribution in [1.82, 2.24) is 15.0 Å². The second-order valence-electron chi connectivity index (χ2n) is 7.46. The predicted molar refractivity (Wildman–Crippen MR) is 129 cm³/mol. The van der Waals surface area contributed by atoms with Gasteiger partial charge in [-0.15, -0.1) is 11.3 Å². The van der Waals surface area contributed by atoms with Crippen molar-refractivity contribution in [1.29, 1.82) is 0 Å². The third kappa shape index (κ3) is 5.12. The summed E-state index contributed by atoms with van der Waals surface area (Å²) >= 11 is 3.12. The smallest absolute Gasteiger partial charge is 0.248 e. The number of carbonyl (C=O) groups is 1. The number of benzene rings is 1. The maximum Gasteiger partial charge on any atom is 0.248 e. The van der Waals surface area contributed by atoms with E-state index in [0.717, 1.165) is 43.4 Å². The molecule has 3 heterocycles. The maximum absolute atomic E-state index is 11.7. The number of carbonyl (C=O) groups excluding carboxylic acids is 1. The molecule has 3 N–H and O–H groups in total. The fourth-order valence-electron chi connectivity index (χ4n) is 3.15. The number of pyridine rings is 1. The Bertz CT molecular complexity index is 1230. The summed E-state index contributed by atoms with van der Waals surface area (Å²) in [5, 5.41) is 7.03. The van der Waals surface area contributed by atoms with Gasteiger partial charge in [-0.25, -0.2) is 9.97 Å². The van der Waals surface area contributed by atoms with Gasteiger partial charge < -0.3 is 15.8 Å². The van der Waals surface area contributed by atoms with Crippen molar-refractivity contribution in [3.8, 4) is 16.3 Å². The van der Waals surface area contributed by atoms with Crippen LogP contribution >= 0.6 is 22.7 Å². The fraction of sp³-hybridized carbons (Fsp3) is 0.217. The number of ether oxygens (including phenoxy) is 1. The number of hydrogen-bond acceptors (Lipinski definition) is 8. The minimum Gasteiger partial charge on any atom is -0.491 e. The number of nitrogens with one attached hydrogen (secondary N) is 1. The van der Waals surface area contributed by atoms with Crippen molar-refractivity contribution >= 4 is 39.4 Å². The lowest BCUT2D eigenvalue weighted by Gasteiger charge is -2.14. The maximum atomic E-state index is 11.7. The highest BCUT2D eigenvalue weighted by Gasteiger charge is 2.16. The zero-order valence-electron chi connectivity index (χ0n) is 18.0. The van der Waals surface area contributed by atoms with E-state index in [0.29, 0.717) is 12.0 Å². The first-order valence-corrected chi connectivity index (χ1v) is 11.8. The molecule has 9 heteroatoms. The van der Waals surface area contributed by atoms with Gasteiger partial charge in [-0.05, 0) is 51.1 Å². The van der Waals surface area contributed by atoms with Crippen LogP contribution in [0.5, 0.6) is 5.75 Å². The van der Waals surface area contributed by atoms with Crippen LogP contribution in [-0.2, 0) is 6.42 Å². The van der Waals surface area contributed by atoms with Crippen LogP contribution in [0, 0.1) is 6.92 Å². The lowest BCUT2D eigenvalue weighted by atomic mass is 10.1. The fourth-order valence-corrected chi connectivity index (χ4v) is 4.98. The van der Waals surface area contributed by atoms with Crippen LogP contribution in [0.2, 0.25) is 0 Å². The number of aryl methyl sites for hydroxylation is 1. The van der Waals surface area contributed by atoms with Crippen LogP contribution in [0.1, 0.15) is 40.5 Å². The molecular weight excluding hydrogens is 442 g/mol. The van der Waals surface area contributed by atoms with E-state index in [9.17, 15) is 4.79 Å². The highest BCUT2D eigenvalue weighted by molar-refractivity contribution is 7.19. The topological polar surface area (TPSA) is 103 Å². The standard InChI is InChI=1S/C23H23N5O2S2/c1-13(2)30-19-7-6-15(22(24)29)9-16(19)10-20-28-18(12-31-20)21-14(3)26-23(32-21)27-17-5-4-8-25-11-17/h4-9,11-13H,10H2,1-3H3,(H2,24,29)(H,26,27). The minimum absolute atomic E-state index is 0.0191. The Kier molecular flexibility index (Phi) is 6.48. The van der Waals surface area contributed by atoms with Crippen molar-refractivity contribution in [3.63, 3.8) is 0 Å². The highest BCUT2D eigenvalue weighted by Crippen LogP contribution is 2.35. The van der Waals surface area contributed by atoms with E-state index in [2.05, 4.69) is 15.3 Å². The lowest BCUT2D eigenvalue weighted by Crippen LogP contribution is -2.13. The number of anilines is 2. The number of rotatable bonds is 8. The van der Waals surface area contributed by atoms with E-state index in [1.807, 2.05) is 38.3 Å². The van der Waals surface area contributed by atoms with E-state index in [4.69, 9.17) is 15.5 Å². The van der Waals surface area contributed by atoms with Gasteiger partial charge in [0.1, 0.15) is 5.75 Å². The highest BCUT2D eigenvalue weighted by atomic mass is 32.1. The average Bonchev–Trinajstić information content (AvgIpc) is 3.35. The van der Waals surface area contributed by atoms with Crippen molar-refractivity contribution in [2.45, 2.75) is 33.3 Å². The molecule has 0 atom stereocenters. The molecule has 3 aromatic heterocycles. The molecule has 0 unspecified atom stereocenters. The zero-order valence-corrected chi connectivity index (χ0v) is 19.6. The summed E-state index contributed by atoms with van der Waals surface area (Å²) < 4.78 is 5.93. The largest absolute Gasteiger partial charge is 0.491 e. The molecule has 0 radical (unpaired) electrons. The van der Waals surface area contributed by atoms with Gasteiger partial charge in [-0.1, -0.05) is 11.3 Å². The minimum atomic E-state index is -0.462. The van der Waals surface area contributed by atoms with E-state index >= 15 is 0 Å². The van der Waals surface area contributed by atoms with Gasteiger partial charge in [0, 0.05) is 29.1 Å². The molecule has 7 nitrogen and oxygen atoms in total. The molecule has 0 aliphatic carbocycles. The van der Waals surface area contributed by atoms with Gasteiger partial charge in [0.15, 0.2) is 5.13 Å². The zero-order chi connectivity index (χ0) is 22.7. The first-order valence-electron chi connectivity index (χ1n) is 10.1. The number of thiazole rings is 2. The summed E-state index contributed by atoms with van der Waals surface area (Å²) in [6.07, 6.45) is 4.06. The summed E-state index contributed by atoms with van der Waals surface area (Å²) in [5.74, 6) is 0.273. The van der Waals surface area contributed by atoms with Crippen LogP contribution in [0.25, 0.3) is 10.6 Å². The normalized spacial score (nSPS) is 11.0. The Labute approximate surface area is 194 Å². The number of amides is 1. The third-order valence-corrected chi connectivity index (χ3v) is 6.49. The van der Waals surface area contributed by atoms with Gasteiger partial charge in [0.05, 0.1) is 39.3 Å². The Morgan fingerprint density at radius 2 is 2.09 bits per heavy atom. The monoisotopic (exact) mass is 465 g/mol. The Morgan fingerprint density at radius 1 is 1.25 bits per heavy atom. The summed E-state index contributed by atoms with van der Waals surface area (Å²) in [7, 11) is 0. The van der Waals surface area contributed by atoms with Gasteiger partial charge in [0.25, 0.3) is 0 Å². The van der Waals surface area contributed by atoms with Crippen molar-refractivity contribution in [2.75, 3.05) is 5.32 Å². The molecule has 0 aliphatic heterocycles. The molecule has 164 valence electrons. The molecule has 0 spiro atoms. The molecule has 0 saturated carbocycles. The Hall–Kier alpha value is -3.30. The summed E-state index contributed by atoms with van der Waals surface area (Å²) in [6.45, 7) is 5.91. The average molecular weight is 466 g/mol. The molecule has 1 aromatic carbocycles. The number of nitrogens with zero attached hydrogens (tertiary/aromatic N) is 3. The van der Waals surface area contributed by atoms with Crippen molar-refractivity contribution in [2.24, 2.45) is 5.73 Å². The SMILES string of the molecule is Cc1nc(Nc2cccnc2)sc1-c1csc(Cc2cc(C(N)=O)ccc2OC(C)C)n1. The molecule has 1 amide bonds. The first-order chi connectivity index (χ1) is 15.4. The van der Waals surface area contributed by atoms with Gasteiger partial charge >= 0.3 is 0 Å². The van der Waals surface area contributed by atoms with E-state index in [1.165, 1.54) is 0 Å². The summed E-state index contributed by atoms with van der Waals surface area (Å²) in [4.78, 5) is 26.2. The third-order valence-electron chi connectivity index (χ3n) is 4.54. The number of primary amides is 1. The molecule has 0 fully saturated rings. The number of hydrogen-bond donors (Lipinski definition) is 2. The molecule has 0 aliphatic rings. The van der Waals surface area contributed by atoms with Crippen LogP contribution < -0.4 is 15.8 Å². The predicted octanol–water partition coefficient (Wildman–Crippen LogP) is 5.19. The molecule has 0 bridgehead atoms. The second-order valence-corrected chi connectivity index (χ2v) is 9.40. The molecule has 4 aromatic rings. The molecular formula is C23H23N5O2S2. The van der Waals surface area contributed by atoms with Crippen LogP contribution in [0.4, 0.5) is 10.8 Å². The van der Waals surface area contributed by atoms with Crippen LogP contribution in [0.15, 0.2) is 48.1 Å².